The standard InChI is InChI=1S/C9H14/c1-2-4-8-6-7-9(8)5-3-1/h6-9H,1-5H2. The van der Waals surface area contributed by atoms with Crippen LogP contribution in [-0.2, 0) is 0 Å². The Kier molecular flexibility index (Phi) is 1.33. The average molecular weight is 122 g/mol. The molecule has 2 aliphatic carbocycles. The van der Waals surface area contributed by atoms with Gasteiger partial charge in [-0.2, -0.15) is 0 Å². The van der Waals surface area contributed by atoms with E-state index in [0.717, 1.165) is 11.8 Å². The summed E-state index contributed by atoms with van der Waals surface area (Å²) in [4.78, 5) is 0. The van der Waals surface area contributed by atoms with Crippen LogP contribution in [0.5, 0.6) is 0 Å². The molecule has 2 rings (SSSR count). The molecule has 0 spiro atoms. The lowest BCUT2D eigenvalue weighted by Crippen LogP contribution is -2.16. The topological polar surface area (TPSA) is 0 Å². The summed E-state index contributed by atoms with van der Waals surface area (Å²) in [6.45, 7) is 0. The molecule has 2 aliphatic rings. The van der Waals surface area contributed by atoms with Gasteiger partial charge >= 0.3 is 0 Å². The number of rotatable bonds is 0. The van der Waals surface area contributed by atoms with Crippen molar-refractivity contribution < 1.29 is 0 Å². The van der Waals surface area contributed by atoms with Crippen molar-refractivity contribution >= 4 is 0 Å². The van der Waals surface area contributed by atoms with E-state index in [4.69, 9.17) is 0 Å². The predicted molar refractivity (Wildman–Crippen MR) is 39.2 cm³/mol. The fourth-order valence-electron chi connectivity index (χ4n) is 1.98. The van der Waals surface area contributed by atoms with E-state index in [1.54, 1.807) is 0 Å². The second-order valence-electron chi connectivity index (χ2n) is 3.35. The van der Waals surface area contributed by atoms with Crippen LogP contribution < -0.4 is 0 Å². The number of hydrogen-bond donors (Lipinski definition) is 0. The van der Waals surface area contributed by atoms with E-state index < -0.39 is 0 Å². The fourth-order valence-corrected chi connectivity index (χ4v) is 1.98. The maximum Gasteiger partial charge on any atom is -0.0170 e. The normalized spacial score (nSPS) is 40.9. The van der Waals surface area contributed by atoms with Crippen LogP contribution >= 0.6 is 0 Å². The largest absolute Gasteiger partial charge is 0.0845 e. The molecule has 0 aliphatic heterocycles. The minimum absolute atomic E-state index is 0.993. The lowest BCUT2D eigenvalue weighted by Gasteiger charge is -2.26. The smallest absolute Gasteiger partial charge is 0.0170 e. The summed E-state index contributed by atoms with van der Waals surface area (Å²) in [5.41, 5.74) is 0. The molecule has 0 aromatic rings. The van der Waals surface area contributed by atoms with E-state index in [1.165, 1.54) is 32.1 Å². The second-order valence-corrected chi connectivity index (χ2v) is 3.35. The monoisotopic (exact) mass is 122 g/mol. The van der Waals surface area contributed by atoms with Gasteiger partial charge in [-0.25, -0.2) is 0 Å². The molecule has 0 bridgehead atoms. The van der Waals surface area contributed by atoms with Gasteiger partial charge in [0.25, 0.3) is 0 Å². The Balaban J connectivity index is 1.99. The third-order valence-electron chi connectivity index (χ3n) is 2.73. The highest BCUT2D eigenvalue weighted by molar-refractivity contribution is 5.09. The van der Waals surface area contributed by atoms with E-state index in [2.05, 4.69) is 12.2 Å². The molecule has 0 aromatic heterocycles. The molecule has 2 atom stereocenters. The molecule has 0 saturated heterocycles. The van der Waals surface area contributed by atoms with Crippen LogP contribution in [0.3, 0.4) is 0 Å². The first kappa shape index (κ1) is 5.52. The zero-order chi connectivity index (χ0) is 6.10. The van der Waals surface area contributed by atoms with Crippen molar-refractivity contribution in [1.82, 2.24) is 0 Å². The lowest BCUT2D eigenvalue weighted by atomic mass is 9.79. The highest BCUT2D eigenvalue weighted by Crippen LogP contribution is 2.36. The van der Waals surface area contributed by atoms with Crippen LogP contribution in [-0.4, -0.2) is 0 Å². The minimum Gasteiger partial charge on any atom is -0.0845 e. The van der Waals surface area contributed by atoms with Gasteiger partial charge in [-0.3, -0.25) is 0 Å². The molecular formula is C9H14. The minimum atomic E-state index is 0.993. The third-order valence-corrected chi connectivity index (χ3v) is 2.73. The molecule has 9 heavy (non-hydrogen) atoms. The van der Waals surface area contributed by atoms with Crippen molar-refractivity contribution in [3.8, 4) is 0 Å². The Labute approximate surface area is 57.0 Å². The Morgan fingerprint density at radius 3 is 1.78 bits per heavy atom. The van der Waals surface area contributed by atoms with E-state index >= 15 is 0 Å². The van der Waals surface area contributed by atoms with E-state index in [-0.39, 0.29) is 0 Å². The quantitative estimate of drug-likeness (QED) is 0.433. The first-order valence-electron chi connectivity index (χ1n) is 4.15. The van der Waals surface area contributed by atoms with Crippen LogP contribution in [0.25, 0.3) is 0 Å². The first-order chi connectivity index (χ1) is 4.47. The highest BCUT2D eigenvalue weighted by Gasteiger charge is 2.24. The van der Waals surface area contributed by atoms with Crippen LogP contribution in [0.4, 0.5) is 0 Å². The molecule has 0 heteroatoms. The van der Waals surface area contributed by atoms with Gasteiger partial charge in [-0.05, 0) is 24.7 Å². The van der Waals surface area contributed by atoms with Crippen LogP contribution in [0.1, 0.15) is 32.1 Å². The molecule has 0 heterocycles. The maximum absolute atomic E-state index is 2.40. The van der Waals surface area contributed by atoms with Gasteiger partial charge in [0, 0.05) is 0 Å². The molecular weight excluding hydrogens is 108 g/mol. The third kappa shape index (κ3) is 0.910. The zero-order valence-corrected chi connectivity index (χ0v) is 5.84. The first-order valence-corrected chi connectivity index (χ1v) is 4.15. The summed E-state index contributed by atoms with van der Waals surface area (Å²) in [6.07, 6.45) is 12.2. The van der Waals surface area contributed by atoms with Gasteiger partial charge in [0.05, 0.1) is 0 Å². The fraction of sp³-hybridized carbons (Fsp3) is 0.778. The van der Waals surface area contributed by atoms with Gasteiger partial charge in [0.2, 0.25) is 0 Å². The molecule has 0 nitrogen and oxygen atoms in total. The Morgan fingerprint density at radius 1 is 0.778 bits per heavy atom. The Bertz CT molecular complexity index is 110. The van der Waals surface area contributed by atoms with E-state index in [0.29, 0.717) is 0 Å². The SMILES string of the molecule is C1=CC2CCCCCC12. The molecule has 1 saturated carbocycles. The second kappa shape index (κ2) is 2.17. The van der Waals surface area contributed by atoms with Gasteiger partial charge in [0.1, 0.15) is 0 Å². The summed E-state index contributed by atoms with van der Waals surface area (Å²) in [5.74, 6) is 1.99. The number of hydrogen-bond acceptors (Lipinski definition) is 0. The molecule has 0 radical (unpaired) electrons. The summed E-state index contributed by atoms with van der Waals surface area (Å²) in [7, 11) is 0. The molecule has 0 N–H and O–H groups in total. The number of allylic oxidation sites excluding steroid dienone is 2. The molecule has 0 amide bonds. The van der Waals surface area contributed by atoms with Gasteiger partial charge in [-0.1, -0.05) is 31.4 Å². The Morgan fingerprint density at radius 2 is 1.33 bits per heavy atom. The summed E-state index contributed by atoms with van der Waals surface area (Å²) in [6, 6.07) is 0. The molecule has 50 valence electrons. The van der Waals surface area contributed by atoms with E-state index in [1.807, 2.05) is 0 Å². The summed E-state index contributed by atoms with van der Waals surface area (Å²) in [5, 5.41) is 0. The predicted octanol–water partition coefficient (Wildman–Crippen LogP) is 2.75. The van der Waals surface area contributed by atoms with Crippen molar-refractivity contribution in [3.05, 3.63) is 12.2 Å². The van der Waals surface area contributed by atoms with Crippen LogP contribution in [0.2, 0.25) is 0 Å². The van der Waals surface area contributed by atoms with Crippen molar-refractivity contribution in [2.45, 2.75) is 32.1 Å². The van der Waals surface area contributed by atoms with Crippen LogP contribution in [0.15, 0.2) is 12.2 Å². The Hall–Kier alpha value is -0.260. The van der Waals surface area contributed by atoms with Crippen LogP contribution in [0, 0.1) is 11.8 Å². The number of fused-ring (bicyclic) bond motifs is 1. The zero-order valence-electron chi connectivity index (χ0n) is 5.84. The average Bonchev–Trinajstić information content (AvgIpc) is 1.94. The van der Waals surface area contributed by atoms with Crippen molar-refractivity contribution in [3.63, 3.8) is 0 Å². The summed E-state index contributed by atoms with van der Waals surface area (Å²) < 4.78 is 0. The lowest BCUT2D eigenvalue weighted by molar-refractivity contribution is 0.403. The van der Waals surface area contributed by atoms with E-state index in [9.17, 15) is 0 Å². The van der Waals surface area contributed by atoms with Gasteiger partial charge < -0.3 is 0 Å². The maximum atomic E-state index is 2.40. The molecule has 1 fully saturated rings. The summed E-state index contributed by atoms with van der Waals surface area (Å²) >= 11 is 0. The van der Waals surface area contributed by atoms with Gasteiger partial charge in [-0.15, -0.1) is 0 Å². The highest BCUT2D eigenvalue weighted by atomic mass is 14.3. The molecule has 2 unspecified atom stereocenters. The van der Waals surface area contributed by atoms with Crippen molar-refractivity contribution in [1.29, 1.82) is 0 Å². The van der Waals surface area contributed by atoms with Crippen molar-refractivity contribution in [2.24, 2.45) is 11.8 Å². The molecule has 0 aromatic carbocycles. The van der Waals surface area contributed by atoms with Crippen molar-refractivity contribution in [2.75, 3.05) is 0 Å². The van der Waals surface area contributed by atoms with Gasteiger partial charge in [0.15, 0.2) is 0 Å².